The van der Waals surface area contributed by atoms with Crippen LogP contribution in [0.1, 0.15) is 26.7 Å². The molecule has 0 spiro atoms. The van der Waals surface area contributed by atoms with Gasteiger partial charge in [-0.15, -0.1) is 0 Å². The van der Waals surface area contributed by atoms with Crippen LogP contribution in [0, 0.1) is 6.92 Å². The van der Waals surface area contributed by atoms with E-state index in [-0.39, 0.29) is 0 Å². The van der Waals surface area contributed by atoms with Crippen molar-refractivity contribution in [3.05, 3.63) is 22.5 Å². The fourth-order valence-corrected chi connectivity index (χ4v) is 2.06. The molecule has 1 N–H and O–H groups in total. The minimum absolute atomic E-state index is 0.527. The summed E-state index contributed by atoms with van der Waals surface area (Å²) in [5.74, 6) is 0.542. The number of halogens is 1. The summed E-state index contributed by atoms with van der Waals surface area (Å²) in [6.45, 7) is 7.18. The van der Waals surface area contributed by atoms with E-state index in [2.05, 4.69) is 26.2 Å². The second-order valence-corrected chi connectivity index (χ2v) is 6.08. The number of amides is 1. The Kier molecular flexibility index (Phi) is 3.54. The molecule has 1 amide bonds. The van der Waals surface area contributed by atoms with Crippen LogP contribution < -0.4 is 5.32 Å². The molecule has 102 valence electrons. The van der Waals surface area contributed by atoms with E-state index in [0.717, 1.165) is 4.47 Å². The monoisotopic (exact) mass is 326 g/mol. The molecule has 1 aromatic carbocycles. The first-order valence-electron chi connectivity index (χ1n) is 5.81. The molecular formula is C13H15BrN2O3. The van der Waals surface area contributed by atoms with Crippen molar-refractivity contribution in [2.75, 3.05) is 5.32 Å². The summed E-state index contributed by atoms with van der Waals surface area (Å²) in [6.07, 6.45) is -0.527. The Morgan fingerprint density at radius 3 is 2.74 bits per heavy atom. The number of benzene rings is 1. The first kappa shape index (κ1) is 13.9. The Morgan fingerprint density at radius 2 is 2.11 bits per heavy atom. The van der Waals surface area contributed by atoms with Gasteiger partial charge in [-0.2, -0.15) is 0 Å². The Bertz CT molecular complexity index is 629. The largest absolute Gasteiger partial charge is 0.444 e. The van der Waals surface area contributed by atoms with Crippen molar-refractivity contribution in [1.82, 2.24) is 4.98 Å². The highest BCUT2D eigenvalue weighted by Gasteiger charge is 2.18. The van der Waals surface area contributed by atoms with Gasteiger partial charge in [0.1, 0.15) is 11.1 Å². The molecule has 0 saturated carbocycles. The summed E-state index contributed by atoms with van der Waals surface area (Å²) in [5, 5.41) is 2.67. The van der Waals surface area contributed by atoms with E-state index < -0.39 is 11.7 Å². The number of nitrogens with zero attached hydrogens (tertiary/aromatic N) is 1. The molecule has 0 unspecified atom stereocenters. The van der Waals surface area contributed by atoms with Gasteiger partial charge in [0.25, 0.3) is 0 Å². The number of carbonyl (C=O) groups is 1. The molecule has 0 radical (unpaired) electrons. The van der Waals surface area contributed by atoms with Gasteiger partial charge in [0.2, 0.25) is 0 Å². The smallest absolute Gasteiger partial charge is 0.412 e. The summed E-state index contributed by atoms with van der Waals surface area (Å²) in [4.78, 5) is 16.0. The number of rotatable bonds is 1. The van der Waals surface area contributed by atoms with Crippen LogP contribution in [-0.4, -0.2) is 16.7 Å². The van der Waals surface area contributed by atoms with Crippen molar-refractivity contribution in [2.24, 2.45) is 0 Å². The number of oxazole rings is 1. The Morgan fingerprint density at radius 1 is 1.42 bits per heavy atom. The highest BCUT2D eigenvalue weighted by molar-refractivity contribution is 9.10. The molecule has 0 atom stereocenters. The molecule has 1 aromatic heterocycles. The fraction of sp³-hybridized carbons (Fsp3) is 0.385. The number of hydrogen-bond acceptors (Lipinski definition) is 4. The summed E-state index contributed by atoms with van der Waals surface area (Å²) in [5.41, 5.74) is 1.19. The van der Waals surface area contributed by atoms with Crippen LogP contribution in [0.3, 0.4) is 0 Å². The van der Waals surface area contributed by atoms with Crippen molar-refractivity contribution in [3.8, 4) is 0 Å². The van der Waals surface area contributed by atoms with E-state index in [1.165, 1.54) is 0 Å². The van der Waals surface area contributed by atoms with Crippen molar-refractivity contribution in [2.45, 2.75) is 33.3 Å². The third kappa shape index (κ3) is 3.47. The van der Waals surface area contributed by atoms with Gasteiger partial charge >= 0.3 is 6.09 Å². The summed E-state index contributed by atoms with van der Waals surface area (Å²) in [7, 11) is 0. The molecule has 2 aromatic rings. The predicted octanol–water partition coefficient (Wildman–Crippen LogP) is 4.25. The average Bonchev–Trinajstić information content (AvgIpc) is 2.55. The topological polar surface area (TPSA) is 64.4 Å². The summed E-state index contributed by atoms with van der Waals surface area (Å²) < 4.78 is 11.5. The lowest BCUT2D eigenvalue weighted by molar-refractivity contribution is 0.0636. The van der Waals surface area contributed by atoms with Crippen molar-refractivity contribution in [3.63, 3.8) is 0 Å². The van der Waals surface area contributed by atoms with Crippen LogP contribution in [0.25, 0.3) is 11.1 Å². The van der Waals surface area contributed by atoms with Gasteiger partial charge in [-0.05, 0) is 32.9 Å². The van der Waals surface area contributed by atoms with E-state index in [9.17, 15) is 4.79 Å². The minimum atomic E-state index is -0.549. The maximum atomic E-state index is 11.8. The predicted molar refractivity (Wildman–Crippen MR) is 76.3 cm³/mol. The van der Waals surface area contributed by atoms with Crippen LogP contribution in [0.5, 0.6) is 0 Å². The third-order valence-corrected chi connectivity index (χ3v) is 2.66. The molecule has 0 aliphatic rings. The molecular weight excluding hydrogens is 312 g/mol. The number of aromatic nitrogens is 1. The van der Waals surface area contributed by atoms with Gasteiger partial charge in [-0.1, -0.05) is 15.9 Å². The van der Waals surface area contributed by atoms with E-state index in [4.69, 9.17) is 9.15 Å². The maximum absolute atomic E-state index is 11.8. The zero-order chi connectivity index (χ0) is 14.2. The molecule has 0 saturated heterocycles. The van der Waals surface area contributed by atoms with Crippen molar-refractivity contribution in [1.29, 1.82) is 0 Å². The zero-order valence-corrected chi connectivity index (χ0v) is 12.8. The lowest BCUT2D eigenvalue weighted by Crippen LogP contribution is -2.27. The molecule has 0 aliphatic heterocycles. The maximum Gasteiger partial charge on any atom is 0.412 e. The number of ether oxygens (including phenoxy) is 1. The molecule has 0 fully saturated rings. The molecule has 1 heterocycles. The van der Waals surface area contributed by atoms with Crippen LogP contribution >= 0.6 is 15.9 Å². The second-order valence-electron chi connectivity index (χ2n) is 5.16. The number of aryl methyl sites for hydroxylation is 1. The van der Waals surface area contributed by atoms with Crippen LogP contribution in [0.2, 0.25) is 0 Å². The second kappa shape index (κ2) is 4.85. The van der Waals surface area contributed by atoms with Gasteiger partial charge < -0.3 is 9.15 Å². The van der Waals surface area contributed by atoms with Gasteiger partial charge in [-0.25, -0.2) is 9.78 Å². The molecule has 0 bridgehead atoms. The quantitative estimate of drug-likeness (QED) is 0.850. The Hall–Kier alpha value is -1.56. The average molecular weight is 327 g/mol. The summed E-state index contributed by atoms with van der Waals surface area (Å²) >= 11 is 3.37. The lowest BCUT2D eigenvalue weighted by Gasteiger charge is -2.19. The lowest BCUT2D eigenvalue weighted by atomic mass is 10.2. The SMILES string of the molecule is Cc1nc2cc(Br)cc(NC(=O)OC(C)(C)C)c2o1. The highest BCUT2D eigenvalue weighted by atomic mass is 79.9. The number of fused-ring (bicyclic) bond motifs is 1. The molecule has 2 rings (SSSR count). The minimum Gasteiger partial charge on any atom is -0.444 e. The summed E-state index contributed by atoms with van der Waals surface area (Å²) in [6, 6.07) is 3.57. The Balaban J connectivity index is 2.32. The first-order valence-corrected chi connectivity index (χ1v) is 6.60. The molecule has 19 heavy (non-hydrogen) atoms. The highest BCUT2D eigenvalue weighted by Crippen LogP contribution is 2.29. The number of anilines is 1. The molecule has 6 heteroatoms. The Labute approximate surface area is 119 Å². The van der Waals surface area contributed by atoms with Crippen molar-refractivity contribution < 1.29 is 13.9 Å². The zero-order valence-electron chi connectivity index (χ0n) is 11.2. The molecule has 5 nitrogen and oxygen atoms in total. The first-order chi connectivity index (χ1) is 8.74. The van der Waals surface area contributed by atoms with E-state index in [1.54, 1.807) is 13.0 Å². The van der Waals surface area contributed by atoms with Crippen LogP contribution in [0.4, 0.5) is 10.5 Å². The number of carbonyl (C=O) groups excluding carboxylic acids is 1. The van der Waals surface area contributed by atoms with Gasteiger partial charge in [-0.3, -0.25) is 5.32 Å². The molecule has 0 aliphatic carbocycles. The van der Waals surface area contributed by atoms with Crippen LogP contribution in [-0.2, 0) is 4.74 Å². The van der Waals surface area contributed by atoms with E-state index in [0.29, 0.717) is 22.7 Å². The van der Waals surface area contributed by atoms with Gasteiger partial charge in [0, 0.05) is 11.4 Å². The van der Waals surface area contributed by atoms with Gasteiger partial charge in [0.05, 0.1) is 5.69 Å². The van der Waals surface area contributed by atoms with Gasteiger partial charge in [0.15, 0.2) is 11.5 Å². The van der Waals surface area contributed by atoms with E-state index >= 15 is 0 Å². The van der Waals surface area contributed by atoms with E-state index in [1.807, 2.05) is 26.8 Å². The third-order valence-electron chi connectivity index (χ3n) is 2.20. The van der Waals surface area contributed by atoms with Crippen molar-refractivity contribution >= 4 is 38.8 Å². The number of nitrogens with one attached hydrogen (secondary N) is 1. The number of hydrogen-bond donors (Lipinski definition) is 1. The van der Waals surface area contributed by atoms with Crippen LogP contribution in [0.15, 0.2) is 21.0 Å². The normalized spacial score (nSPS) is 11.6. The fourth-order valence-electron chi connectivity index (χ4n) is 1.62. The standard InChI is InChI=1S/C13H15BrN2O3/c1-7-15-9-5-8(14)6-10(11(9)18-7)16-12(17)19-13(2,3)4/h5-6H,1-4H3,(H,16,17).